The zero-order chi connectivity index (χ0) is 12.5. The first-order valence-corrected chi connectivity index (χ1v) is 4.90. The lowest BCUT2D eigenvalue weighted by atomic mass is 9.90. The monoisotopic (exact) mass is 237 g/mol. The van der Waals surface area contributed by atoms with Crippen molar-refractivity contribution in [1.29, 1.82) is 0 Å². The highest BCUT2D eigenvalue weighted by atomic mass is 19.4. The third-order valence-corrected chi connectivity index (χ3v) is 2.27. The molecule has 0 saturated heterocycles. The first kappa shape index (κ1) is 13.0. The van der Waals surface area contributed by atoms with Crippen LogP contribution in [0.3, 0.4) is 0 Å². The van der Waals surface area contributed by atoms with Crippen LogP contribution in [0.2, 0.25) is 0 Å². The van der Waals surface area contributed by atoms with Crippen molar-refractivity contribution >= 4 is 0 Å². The predicted molar refractivity (Wildman–Crippen MR) is 50.5 cm³/mol. The lowest BCUT2D eigenvalue weighted by Gasteiger charge is -2.20. The van der Waals surface area contributed by atoms with Crippen LogP contribution in [0.15, 0.2) is 4.52 Å². The second kappa shape index (κ2) is 4.40. The van der Waals surface area contributed by atoms with Crippen LogP contribution in [-0.2, 0) is 6.18 Å². The molecule has 0 radical (unpaired) electrons. The van der Waals surface area contributed by atoms with E-state index in [9.17, 15) is 13.2 Å². The van der Waals surface area contributed by atoms with Crippen LogP contribution in [-0.4, -0.2) is 16.2 Å². The number of nitrogens with two attached hydrogens (primary N) is 1. The average molecular weight is 237 g/mol. The molecule has 2 unspecified atom stereocenters. The fourth-order valence-corrected chi connectivity index (χ4v) is 1.60. The molecule has 0 aliphatic rings. The van der Waals surface area contributed by atoms with Crippen molar-refractivity contribution in [3.8, 4) is 0 Å². The molecule has 1 aromatic heterocycles. The van der Waals surface area contributed by atoms with Crippen LogP contribution < -0.4 is 5.73 Å². The van der Waals surface area contributed by atoms with Gasteiger partial charge < -0.3 is 10.3 Å². The maximum atomic E-state index is 12.3. The van der Waals surface area contributed by atoms with Crippen molar-refractivity contribution in [3.05, 3.63) is 11.7 Å². The van der Waals surface area contributed by atoms with Gasteiger partial charge in [0.05, 0.1) is 5.92 Å². The molecule has 7 heteroatoms. The Morgan fingerprint density at radius 1 is 1.25 bits per heavy atom. The van der Waals surface area contributed by atoms with E-state index in [0.29, 0.717) is 0 Å². The molecule has 0 saturated carbocycles. The van der Waals surface area contributed by atoms with Gasteiger partial charge in [0.2, 0.25) is 5.89 Å². The Morgan fingerprint density at radius 2 is 1.81 bits per heavy atom. The van der Waals surface area contributed by atoms with Crippen molar-refractivity contribution in [1.82, 2.24) is 10.1 Å². The summed E-state index contributed by atoms with van der Waals surface area (Å²) >= 11 is 0. The highest BCUT2D eigenvalue weighted by molar-refractivity contribution is 5.00. The number of nitrogens with zero attached hydrogens (tertiary/aromatic N) is 2. The Labute approximate surface area is 91.0 Å². The summed E-state index contributed by atoms with van der Waals surface area (Å²) in [5.41, 5.74) is 5.68. The smallest absolute Gasteiger partial charge is 0.339 e. The number of hydrogen-bond donors (Lipinski definition) is 1. The molecule has 1 rings (SSSR count). The van der Waals surface area contributed by atoms with E-state index >= 15 is 0 Å². The first-order valence-electron chi connectivity index (χ1n) is 4.90. The molecule has 0 bridgehead atoms. The number of aromatic nitrogens is 2. The Balaban J connectivity index is 3.00. The second-order valence-corrected chi connectivity index (χ2v) is 4.08. The minimum absolute atomic E-state index is 0.0292. The zero-order valence-electron chi connectivity index (χ0n) is 9.25. The molecule has 2 atom stereocenters. The highest BCUT2D eigenvalue weighted by Gasteiger charge is 2.38. The Morgan fingerprint density at radius 3 is 2.12 bits per heavy atom. The highest BCUT2D eigenvalue weighted by Crippen LogP contribution is 2.30. The maximum absolute atomic E-state index is 12.3. The third kappa shape index (κ3) is 2.72. The van der Waals surface area contributed by atoms with Crippen LogP contribution in [0.25, 0.3) is 0 Å². The van der Waals surface area contributed by atoms with Crippen LogP contribution in [0.5, 0.6) is 0 Å². The van der Waals surface area contributed by atoms with Gasteiger partial charge in [0.25, 0.3) is 5.82 Å². The van der Waals surface area contributed by atoms with E-state index in [-0.39, 0.29) is 23.8 Å². The lowest BCUT2D eigenvalue weighted by molar-refractivity contribution is -0.146. The molecule has 0 amide bonds. The molecule has 0 aliphatic heterocycles. The SMILES string of the molecule is CC(C)C(c1nc(C(F)(F)F)no1)C(C)N. The summed E-state index contributed by atoms with van der Waals surface area (Å²) in [5, 5.41) is 2.91. The van der Waals surface area contributed by atoms with Gasteiger partial charge in [-0.05, 0) is 12.8 Å². The normalized spacial score (nSPS) is 16.5. The Bertz CT molecular complexity index is 338. The summed E-state index contributed by atoms with van der Waals surface area (Å²) in [6.45, 7) is 5.37. The summed E-state index contributed by atoms with van der Waals surface area (Å²) < 4.78 is 41.4. The summed E-state index contributed by atoms with van der Waals surface area (Å²) in [4.78, 5) is 3.34. The first-order chi connectivity index (χ1) is 7.23. The van der Waals surface area contributed by atoms with Gasteiger partial charge in [0.1, 0.15) is 0 Å². The van der Waals surface area contributed by atoms with E-state index in [0.717, 1.165) is 0 Å². The van der Waals surface area contributed by atoms with Gasteiger partial charge >= 0.3 is 6.18 Å². The van der Waals surface area contributed by atoms with Crippen LogP contribution >= 0.6 is 0 Å². The predicted octanol–water partition coefficient (Wildman–Crippen LogP) is 2.18. The van der Waals surface area contributed by atoms with Crippen molar-refractivity contribution in [2.24, 2.45) is 11.7 Å². The van der Waals surface area contributed by atoms with Gasteiger partial charge in [-0.15, -0.1) is 0 Å². The molecule has 0 aliphatic carbocycles. The van der Waals surface area contributed by atoms with Crippen LogP contribution in [0.1, 0.15) is 38.4 Å². The second-order valence-electron chi connectivity index (χ2n) is 4.08. The molecule has 1 heterocycles. The van der Waals surface area contributed by atoms with Gasteiger partial charge in [-0.2, -0.15) is 18.2 Å². The van der Waals surface area contributed by atoms with Crippen LogP contribution in [0, 0.1) is 5.92 Å². The van der Waals surface area contributed by atoms with E-state index in [1.807, 2.05) is 13.8 Å². The summed E-state index contributed by atoms with van der Waals surface area (Å²) in [7, 11) is 0. The Kier molecular flexibility index (Phi) is 3.57. The maximum Gasteiger partial charge on any atom is 0.455 e. The molecular weight excluding hydrogens is 223 g/mol. The standard InChI is InChI=1S/C9H14F3N3O/c1-4(2)6(5(3)13)7-14-8(15-16-7)9(10,11)12/h4-6H,13H2,1-3H3. The fourth-order valence-electron chi connectivity index (χ4n) is 1.60. The molecule has 4 nitrogen and oxygen atoms in total. The van der Waals surface area contributed by atoms with Gasteiger partial charge in [0.15, 0.2) is 0 Å². The van der Waals surface area contributed by atoms with E-state index in [4.69, 9.17) is 5.73 Å². The topological polar surface area (TPSA) is 64.9 Å². The van der Waals surface area contributed by atoms with Gasteiger partial charge in [0, 0.05) is 6.04 Å². The van der Waals surface area contributed by atoms with E-state index in [1.54, 1.807) is 6.92 Å². The molecular formula is C9H14F3N3O. The summed E-state index contributed by atoms with van der Waals surface area (Å²) in [6.07, 6.45) is -4.58. The molecule has 2 N–H and O–H groups in total. The molecule has 0 aromatic carbocycles. The number of rotatable bonds is 3. The van der Waals surface area contributed by atoms with Crippen molar-refractivity contribution in [2.75, 3.05) is 0 Å². The summed E-state index contributed by atoms with van der Waals surface area (Å²) in [5.74, 6) is -1.66. The van der Waals surface area contributed by atoms with Gasteiger partial charge in [-0.25, -0.2) is 0 Å². The zero-order valence-corrected chi connectivity index (χ0v) is 9.25. The Hall–Kier alpha value is -1.11. The van der Waals surface area contributed by atoms with Gasteiger partial charge in [-0.3, -0.25) is 0 Å². The van der Waals surface area contributed by atoms with Crippen molar-refractivity contribution in [3.63, 3.8) is 0 Å². The van der Waals surface area contributed by atoms with E-state index < -0.39 is 12.0 Å². The largest absolute Gasteiger partial charge is 0.455 e. The fraction of sp³-hybridized carbons (Fsp3) is 0.778. The minimum Gasteiger partial charge on any atom is -0.339 e. The van der Waals surface area contributed by atoms with Crippen LogP contribution in [0.4, 0.5) is 13.2 Å². The third-order valence-electron chi connectivity index (χ3n) is 2.27. The molecule has 1 aromatic rings. The number of halogens is 3. The number of alkyl halides is 3. The molecule has 16 heavy (non-hydrogen) atoms. The molecule has 0 fully saturated rings. The van der Waals surface area contributed by atoms with E-state index in [2.05, 4.69) is 14.7 Å². The molecule has 92 valence electrons. The summed E-state index contributed by atoms with van der Waals surface area (Å²) in [6, 6.07) is -0.346. The van der Waals surface area contributed by atoms with E-state index in [1.165, 1.54) is 0 Å². The van der Waals surface area contributed by atoms with Crippen molar-refractivity contribution < 1.29 is 17.7 Å². The average Bonchev–Trinajstić information content (AvgIpc) is 2.50. The van der Waals surface area contributed by atoms with Gasteiger partial charge in [-0.1, -0.05) is 19.0 Å². The lowest BCUT2D eigenvalue weighted by Crippen LogP contribution is -2.28. The van der Waals surface area contributed by atoms with Crippen molar-refractivity contribution in [2.45, 2.75) is 38.9 Å². The quantitative estimate of drug-likeness (QED) is 0.875. The minimum atomic E-state index is -4.58. The molecule has 0 spiro atoms. The number of hydrogen-bond acceptors (Lipinski definition) is 4.